The Kier molecular flexibility index (Phi) is 7.66. The molecular formula is C20H27N3O3S. The highest BCUT2D eigenvalue weighted by molar-refractivity contribution is 8.00. The van der Waals surface area contributed by atoms with Crippen LogP contribution >= 0.6 is 11.8 Å². The van der Waals surface area contributed by atoms with Gasteiger partial charge in [0.25, 0.3) is 0 Å². The molecule has 3 atom stereocenters. The van der Waals surface area contributed by atoms with E-state index in [0.29, 0.717) is 22.6 Å². The second-order valence-electron chi connectivity index (χ2n) is 7.04. The fourth-order valence-corrected chi connectivity index (χ4v) is 4.17. The number of carbonyl (C=O) groups is 2. The number of pyridine rings is 1. The van der Waals surface area contributed by atoms with Gasteiger partial charge in [-0.2, -0.15) is 5.26 Å². The van der Waals surface area contributed by atoms with E-state index in [0.717, 1.165) is 12.8 Å². The van der Waals surface area contributed by atoms with E-state index in [1.54, 1.807) is 13.8 Å². The van der Waals surface area contributed by atoms with Gasteiger partial charge in [-0.15, -0.1) is 0 Å². The second-order valence-corrected chi connectivity index (χ2v) is 8.00. The van der Waals surface area contributed by atoms with Gasteiger partial charge in [-0.3, -0.25) is 4.79 Å². The zero-order valence-electron chi connectivity index (χ0n) is 16.4. The van der Waals surface area contributed by atoms with E-state index in [-0.39, 0.29) is 35.4 Å². The number of nitrogens with zero attached hydrogens (tertiary/aromatic N) is 2. The van der Waals surface area contributed by atoms with E-state index >= 15 is 0 Å². The molecule has 1 aliphatic rings. The average molecular weight is 390 g/mol. The molecule has 27 heavy (non-hydrogen) atoms. The summed E-state index contributed by atoms with van der Waals surface area (Å²) in [6.45, 7) is 8.10. The molecule has 1 aromatic rings. The number of aryl methyl sites for hydroxylation is 1. The SMILES string of the molecule is CCOC(=O)c1cc(C#N)c(SCC(=O)N[C@@H]2CCC[C@@H](C)[C@@H]2C)nc1C. The number of carbonyl (C=O) groups excluding carboxylic acids is 2. The van der Waals surface area contributed by atoms with E-state index in [2.05, 4.69) is 30.2 Å². The van der Waals surface area contributed by atoms with E-state index in [9.17, 15) is 14.9 Å². The number of hydrogen-bond donors (Lipinski definition) is 1. The molecule has 1 aromatic heterocycles. The number of aromatic nitrogens is 1. The molecule has 1 heterocycles. The summed E-state index contributed by atoms with van der Waals surface area (Å²) in [5, 5.41) is 13.0. The fourth-order valence-electron chi connectivity index (χ4n) is 3.36. The van der Waals surface area contributed by atoms with Crippen molar-refractivity contribution in [3.63, 3.8) is 0 Å². The fraction of sp³-hybridized carbons (Fsp3) is 0.600. The second kappa shape index (κ2) is 9.75. The lowest BCUT2D eigenvalue weighted by atomic mass is 9.78. The van der Waals surface area contributed by atoms with Crippen LogP contribution < -0.4 is 5.32 Å². The van der Waals surface area contributed by atoms with Gasteiger partial charge in [0.2, 0.25) is 5.91 Å². The zero-order chi connectivity index (χ0) is 20.0. The Morgan fingerprint density at radius 2 is 2.15 bits per heavy atom. The van der Waals surface area contributed by atoms with Crippen molar-refractivity contribution in [2.24, 2.45) is 11.8 Å². The Labute approximate surface area is 165 Å². The average Bonchev–Trinajstić information content (AvgIpc) is 2.64. The number of hydrogen-bond acceptors (Lipinski definition) is 6. The Morgan fingerprint density at radius 3 is 2.81 bits per heavy atom. The summed E-state index contributed by atoms with van der Waals surface area (Å²) in [6.07, 6.45) is 3.36. The van der Waals surface area contributed by atoms with Crippen LogP contribution in [0.25, 0.3) is 0 Å². The Morgan fingerprint density at radius 1 is 1.41 bits per heavy atom. The lowest BCUT2D eigenvalue weighted by Crippen LogP contribution is -2.44. The summed E-state index contributed by atoms with van der Waals surface area (Å²) in [4.78, 5) is 28.7. The Balaban J connectivity index is 2.02. The molecule has 6 nitrogen and oxygen atoms in total. The minimum absolute atomic E-state index is 0.0521. The summed E-state index contributed by atoms with van der Waals surface area (Å²) in [5.74, 6) is 0.725. The van der Waals surface area contributed by atoms with Gasteiger partial charge >= 0.3 is 5.97 Å². The van der Waals surface area contributed by atoms with Gasteiger partial charge < -0.3 is 10.1 Å². The van der Waals surface area contributed by atoms with Gasteiger partial charge in [-0.25, -0.2) is 9.78 Å². The topological polar surface area (TPSA) is 92.1 Å². The summed E-state index contributed by atoms with van der Waals surface area (Å²) < 4.78 is 4.99. The molecule has 1 saturated carbocycles. The van der Waals surface area contributed by atoms with Gasteiger partial charge in [0.05, 0.1) is 29.2 Å². The molecule has 7 heteroatoms. The van der Waals surface area contributed by atoms with Crippen LogP contribution in [0.1, 0.15) is 61.6 Å². The van der Waals surface area contributed by atoms with E-state index in [1.165, 1.54) is 24.2 Å². The zero-order valence-corrected chi connectivity index (χ0v) is 17.2. The van der Waals surface area contributed by atoms with Crippen molar-refractivity contribution < 1.29 is 14.3 Å². The molecule has 0 aromatic carbocycles. The molecular weight excluding hydrogens is 362 g/mol. The first-order chi connectivity index (χ1) is 12.9. The first-order valence-corrected chi connectivity index (χ1v) is 10.4. The lowest BCUT2D eigenvalue weighted by Gasteiger charge is -2.34. The predicted octanol–water partition coefficient (Wildman–Crippen LogP) is 3.47. The van der Waals surface area contributed by atoms with Gasteiger partial charge in [-0.1, -0.05) is 38.5 Å². The molecule has 1 N–H and O–H groups in total. The summed E-state index contributed by atoms with van der Waals surface area (Å²) in [6, 6.07) is 3.75. The highest BCUT2D eigenvalue weighted by atomic mass is 32.2. The third-order valence-electron chi connectivity index (χ3n) is 5.19. The van der Waals surface area contributed by atoms with Crippen LogP contribution in [0.4, 0.5) is 0 Å². The number of esters is 1. The number of rotatable bonds is 6. The Hall–Kier alpha value is -2.07. The van der Waals surface area contributed by atoms with E-state index in [4.69, 9.17) is 4.74 Å². The van der Waals surface area contributed by atoms with E-state index in [1.807, 2.05) is 0 Å². The molecule has 1 amide bonds. The molecule has 0 saturated heterocycles. The van der Waals surface area contributed by atoms with E-state index < -0.39 is 5.97 Å². The van der Waals surface area contributed by atoms with Gasteiger partial charge in [0.1, 0.15) is 11.1 Å². The lowest BCUT2D eigenvalue weighted by molar-refractivity contribution is -0.120. The largest absolute Gasteiger partial charge is 0.462 e. The normalized spacial score (nSPS) is 22.0. The van der Waals surface area contributed by atoms with Crippen molar-refractivity contribution in [3.8, 4) is 6.07 Å². The van der Waals surface area contributed by atoms with Crippen molar-refractivity contribution in [2.45, 2.75) is 58.0 Å². The molecule has 1 aliphatic carbocycles. The summed E-state index contributed by atoms with van der Waals surface area (Å²) in [7, 11) is 0. The third kappa shape index (κ3) is 5.46. The van der Waals surface area contributed by atoms with Crippen LogP contribution in [0.5, 0.6) is 0 Å². The van der Waals surface area contributed by atoms with Crippen molar-refractivity contribution in [2.75, 3.05) is 12.4 Å². The standard InChI is InChI=1S/C20H27N3O3S/c1-5-26-20(25)16-9-15(10-21)19(22-14(16)4)27-11-18(24)23-17-8-6-7-12(2)13(17)3/h9,12-13,17H,5-8,11H2,1-4H3,(H,23,24)/t12-,13+,17-/m1/s1. The number of nitriles is 1. The van der Waals surface area contributed by atoms with Crippen molar-refractivity contribution in [1.29, 1.82) is 5.26 Å². The van der Waals surface area contributed by atoms with Crippen LogP contribution in [0.3, 0.4) is 0 Å². The van der Waals surface area contributed by atoms with Crippen LogP contribution in [-0.2, 0) is 9.53 Å². The monoisotopic (exact) mass is 389 g/mol. The highest BCUT2D eigenvalue weighted by Crippen LogP contribution is 2.30. The van der Waals surface area contributed by atoms with Gasteiger partial charge in [0.15, 0.2) is 0 Å². The van der Waals surface area contributed by atoms with Crippen molar-refractivity contribution >= 4 is 23.6 Å². The predicted molar refractivity (Wildman–Crippen MR) is 104 cm³/mol. The van der Waals surface area contributed by atoms with Gasteiger partial charge in [0, 0.05) is 6.04 Å². The van der Waals surface area contributed by atoms with Crippen molar-refractivity contribution in [3.05, 3.63) is 22.9 Å². The summed E-state index contributed by atoms with van der Waals surface area (Å²) >= 11 is 1.22. The molecule has 0 unspecified atom stereocenters. The third-order valence-corrected chi connectivity index (χ3v) is 6.18. The maximum absolute atomic E-state index is 12.4. The first-order valence-electron chi connectivity index (χ1n) is 9.38. The van der Waals surface area contributed by atoms with Crippen LogP contribution in [0, 0.1) is 30.1 Å². The first kappa shape index (κ1) is 21.2. The minimum atomic E-state index is -0.492. The van der Waals surface area contributed by atoms with Crippen LogP contribution in [0.15, 0.2) is 11.1 Å². The summed E-state index contributed by atoms with van der Waals surface area (Å²) in [5.41, 5.74) is 1.05. The smallest absolute Gasteiger partial charge is 0.340 e. The maximum atomic E-state index is 12.4. The number of thioether (sulfide) groups is 1. The van der Waals surface area contributed by atoms with Crippen molar-refractivity contribution in [1.82, 2.24) is 10.3 Å². The molecule has 0 aliphatic heterocycles. The van der Waals surface area contributed by atoms with Crippen LogP contribution in [0.2, 0.25) is 0 Å². The molecule has 0 spiro atoms. The van der Waals surface area contributed by atoms with Crippen LogP contribution in [-0.4, -0.2) is 35.3 Å². The number of nitrogens with one attached hydrogen (secondary N) is 1. The number of amides is 1. The molecule has 1 fully saturated rings. The molecule has 2 rings (SSSR count). The quantitative estimate of drug-likeness (QED) is 0.592. The molecule has 146 valence electrons. The number of ether oxygens (including phenoxy) is 1. The van der Waals surface area contributed by atoms with Gasteiger partial charge in [-0.05, 0) is 38.2 Å². The molecule has 0 radical (unpaired) electrons. The maximum Gasteiger partial charge on any atom is 0.340 e. The minimum Gasteiger partial charge on any atom is -0.462 e. The highest BCUT2D eigenvalue weighted by Gasteiger charge is 2.28. The molecule has 0 bridgehead atoms. The Bertz CT molecular complexity index is 745.